The fourth-order valence-electron chi connectivity index (χ4n) is 2.88. The second-order valence-corrected chi connectivity index (χ2v) is 7.69. The topological polar surface area (TPSA) is 63.4 Å². The Labute approximate surface area is 125 Å². The summed E-state index contributed by atoms with van der Waals surface area (Å²) in [6.45, 7) is 3.37. The largest absolute Gasteiger partial charge is 0.398 e. The zero-order chi connectivity index (χ0) is 15.0. The van der Waals surface area contributed by atoms with Gasteiger partial charge in [-0.05, 0) is 30.9 Å². The molecule has 0 amide bonds. The summed E-state index contributed by atoms with van der Waals surface area (Å²) in [4.78, 5) is 0.363. The number of nitrogens with two attached hydrogens (primary N) is 1. The average Bonchev–Trinajstić information content (AvgIpc) is 2.48. The van der Waals surface area contributed by atoms with Gasteiger partial charge in [0, 0.05) is 29.5 Å². The van der Waals surface area contributed by atoms with E-state index in [-0.39, 0.29) is 0 Å². The van der Waals surface area contributed by atoms with Crippen LogP contribution in [0.25, 0.3) is 10.8 Å². The van der Waals surface area contributed by atoms with Gasteiger partial charge in [0.2, 0.25) is 10.0 Å². The van der Waals surface area contributed by atoms with Crippen molar-refractivity contribution in [1.82, 2.24) is 4.31 Å². The molecule has 0 unspecified atom stereocenters. The van der Waals surface area contributed by atoms with Gasteiger partial charge in [0.25, 0.3) is 0 Å². The Bertz CT molecular complexity index is 763. The van der Waals surface area contributed by atoms with Crippen molar-refractivity contribution >= 4 is 26.5 Å². The second kappa shape index (κ2) is 5.31. The molecule has 0 aromatic heterocycles. The third kappa shape index (κ3) is 2.51. The van der Waals surface area contributed by atoms with Crippen LogP contribution in [0.4, 0.5) is 5.69 Å². The number of rotatable bonds is 2. The molecule has 1 aliphatic heterocycles. The smallest absolute Gasteiger partial charge is 0.243 e. The van der Waals surface area contributed by atoms with Gasteiger partial charge in [-0.3, -0.25) is 0 Å². The third-order valence-corrected chi connectivity index (χ3v) is 6.24. The molecule has 0 atom stereocenters. The molecule has 1 saturated heterocycles. The van der Waals surface area contributed by atoms with Crippen molar-refractivity contribution in [3.8, 4) is 0 Å². The van der Waals surface area contributed by atoms with Crippen molar-refractivity contribution in [3.63, 3.8) is 0 Å². The third-order valence-electron chi connectivity index (χ3n) is 4.28. The lowest BCUT2D eigenvalue weighted by atomic mass is 10.0. The Morgan fingerprint density at radius 3 is 2.33 bits per heavy atom. The first-order valence-corrected chi connectivity index (χ1v) is 8.71. The van der Waals surface area contributed by atoms with Crippen LogP contribution in [0, 0.1) is 5.92 Å². The van der Waals surface area contributed by atoms with E-state index >= 15 is 0 Å². The highest BCUT2D eigenvalue weighted by molar-refractivity contribution is 7.89. The molecule has 1 heterocycles. The normalized spacial score (nSPS) is 18.1. The molecule has 1 fully saturated rings. The number of nitrogen functional groups attached to an aromatic ring is 1. The van der Waals surface area contributed by atoms with Crippen molar-refractivity contribution in [2.24, 2.45) is 5.92 Å². The van der Waals surface area contributed by atoms with E-state index in [1.807, 2.05) is 24.3 Å². The molecule has 0 saturated carbocycles. The molecule has 0 spiro atoms. The van der Waals surface area contributed by atoms with E-state index < -0.39 is 10.0 Å². The maximum atomic E-state index is 12.9. The molecule has 1 aliphatic rings. The van der Waals surface area contributed by atoms with Gasteiger partial charge in [-0.25, -0.2) is 8.42 Å². The quantitative estimate of drug-likeness (QED) is 0.868. The highest BCUT2D eigenvalue weighted by Gasteiger charge is 2.29. The Balaban J connectivity index is 2.09. The van der Waals surface area contributed by atoms with Crippen molar-refractivity contribution in [2.75, 3.05) is 18.8 Å². The molecule has 0 radical (unpaired) electrons. The van der Waals surface area contributed by atoms with Gasteiger partial charge >= 0.3 is 0 Å². The number of hydrogen-bond acceptors (Lipinski definition) is 3. The molecular weight excluding hydrogens is 284 g/mol. The number of fused-ring (bicyclic) bond motifs is 1. The molecular formula is C16H20N2O2S. The summed E-state index contributed by atoms with van der Waals surface area (Å²) in [5.41, 5.74) is 6.56. The molecule has 0 bridgehead atoms. The van der Waals surface area contributed by atoms with Gasteiger partial charge < -0.3 is 5.73 Å². The molecule has 4 nitrogen and oxygen atoms in total. The van der Waals surface area contributed by atoms with Gasteiger partial charge in [0.15, 0.2) is 0 Å². The Hall–Kier alpha value is -1.59. The summed E-state index contributed by atoms with van der Waals surface area (Å²) in [7, 11) is -3.45. The van der Waals surface area contributed by atoms with Gasteiger partial charge in [0.1, 0.15) is 0 Å². The number of anilines is 1. The summed E-state index contributed by atoms with van der Waals surface area (Å²) >= 11 is 0. The van der Waals surface area contributed by atoms with E-state index in [0.29, 0.717) is 35.0 Å². The fraction of sp³-hybridized carbons (Fsp3) is 0.375. The minimum absolute atomic E-state index is 0.363. The first-order chi connectivity index (χ1) is 10.00. The van der Waals surface area contributed by atoms with Crippen LogP contribution < -0.4 is 5.73 Å². The van der Waals surface area contributed by atoms with Crippen LogP contribution in [0.15, 0.2) is 41.3 Å². The Morgan fingerprint density at radius 2 is 1.67 bits per heavy atom. The first-order valence-electron chi connectivity index (χ1n) is 7.27. The standard InChI is InChI=1S/C16H20N2O2S/c1-12-8-10-18(11-9-12)21(19,20)16-7-6-15(17)13-4-2-3-5-14(13)16/h2-7,12H,8-11,17H2,1H3. The lowest BCUT2D eigenvalue weighted by Gasteiger charge is -2.29. The number of nitrogens with zero attached hydrogens (tertiary/aromatic N) is 1. The molecule has 3 rings (SSSR count). The molecule has 112 valence electrons. The summed E-state index contributed by atoms with van der Waals surface area (Å²) < 4.78 is 27.4. The van der Waals surface area contributed by atoms with Crippen LogP contribution in [0.1, 0.15) is 19.8 Å². The van der Waals surface area contributed by atoms with Gasteiger partial charge in [-0.15, -0.1) is 0 Å². The van der Waals surface area contributed by atoms with E-state index in [9.17, 15) is 8.42 Å². The van der Waals surface area contributed by atoms with Crippen LogP contribution in [0.3, 0.4) is 0 Å². The summed E-state index contributed by atoms with van der Waals surface area (Å²) in [5, 5.41) is 1.50. The summed E-state index contributed by atoms with van der Waals surface area (Å²) in [6.07, 6.45) is 1.85. The van der Waals surface area contributed by atoms with Crippen LogP contribution in [0.5, 0.6) is 0 Å². The second-order valence-electron chi connectivity index (χ2n) is 5.79. The number of benzene rings is 2. The van der Waals surface area contributed by atoms with Crippen LogP contribution in [0.2, 0.25) is 0 Å². The monoisotopic (exact) mass is 304 g/mol. The molecule has 0 aliphatic carbocycles. The molecule has 2 N–H and O–H groups in total. The lowest BCUT2D eigenvalue weighted by molar-refractivity contribution is 0.288. The maximum absolute atomic E-state index is 12.9. The van der Waals surface area contributed by atoms with Gasteiger partial charge in [-0.1, -0.05) is 31.2 Å². The summed E-state index contributed by atoms with van der Waals surface area (Å²) in [5.74, 6) is 0.597. The number of piperidine rings is 1. The van der Waals surface area contributed by atoms with Crippen LogP contribution in [-0.2, 0) is 10.0 Å². The predicted molar refractivity (Wildman–Crippen MR) is 85.5 cm³/mol. The fourth-order valence-corrected chi connectivity index (χ4v) is 4.55. The van der Waals surface area contributed by atoms with Crippen molar-refractivity contribution in [2.45, 2.75) is 24.7 Å². The highest BCUT2D eigenvalue weighted by Crippen LogP contribution is 2.31. The van der Waals surface area contributed by atoms with E-state index in [1.165, 1.54) is 0 Å². The SMILES string of the molecule is CC1CCN(S(=O)(=O)c2ccc(N)c3ccccc23)CC1. The predicted octanol–water partition coefficient (Wildman–Crippen LogP) is 2.84. The minimum Gasteiger partial charge on any atom is -0.398 e. The van der Waals surface area contributed by atoms with Crippen molar-refractivity contribution in [1.29, 1.82) is 0 Å². The Kier molecular flexibility index (Phi) is 3.63. The van der Waals surface area contributed by atoms with E-state index in [0.717, 1.165) is 18.2 Å². The van der Waals surface area contributed by atoms with Crippen LogP contribution >= 0.6 is 0 Å². The average molecular weight is 304 g/mol. The maximum Gasteiger partial charge on any atom is 0.243 e. The molecule has 21 heavy (non-hydrogen) atoms. The first kappa shape index (κ1) is 14.4. The lowest BCUT2D eigenvalue weighted by Crippen LogP contribution is -2.37. The van der Waals surface area contributed by atoms with Crippen LogP contribution in [-0.4, -0.2) is 25.8 Å². The zero-order valence-electron chi connectivity index (χ0n) is 12.1. The zero-order valence-corrected chi connectivity index (χ0v) is 12.9. The molecule has 5 heteroatoms. The van der Waals surface area contributed by atoms with E-state index in [1.54, 1.807) is 16.4 Å². The molecule has 2 aromatic carbocycles. The minimum atomic E-state index is -3.45. The van der Waals surface area contributed by atoms with Crippen molar-refractivity contribution in [3.05, 3.63) is 36.4 Å². The Morgan fingerprint density at radius 1 is 1.05 bits per heavy atom. The van der Waals surface area contributed by atoms with Gasteiger partial charge in [0.05, 0.1) is 4.90 Å². The summed E-state index contributed by atoms with van der Waals surface area (Å²) in [6, 6.07) is 10.7. The number of sulfonamides is 1. The van der Waals surface area contributed by atoms with E-state index in [4.69, 9.17) is 5.73 Å². The number of hydrogen-bond donors (Lipinski definition) is 1. The highest BCUT2D eigenvalue weighted by atomic mass is 32.2. The van der Waals surface area contributed by atoms with Gasteiger partial charge in [-0.2, -0.15) is 4.31 Å². The molecule has 2 aromatic rings. The van der Waals surface area contributed by atoms with E-state index in [2.05, 4.69) is 6.92 Å². The van der Waals surface area contributed by atoms with Crippen molar-refractivity contribution < 1.29 is 8.42 Å².